The zero-order valence-corrected chi connectivity index (χ0v) is 15.5. The molecule has 1 fully saturated rings. The van der Waals surface area contributed by atoms with Crippen LogP contribution in [-0.4, -0.2) is 43.0 Å². The van der Waals surface area contributed by atoms with Crippen LogP contribution < -0.4 is 10.1 Å². The van der Waals surface area contributed by atoms with Gasteiger partial charge in [0, 0.05) is 30.5 Å². The summed E-state index contributed by atoms with van der Waals surface area (Å²) in [5.41, 5.74) is 0. The molecule has 0 aromatic heterocycles. The maximum atomic E-state index is 11.9. The fourth-order valence-electron chi connectivity index (χ4n) is 2.92. The Kier molecular flexibility index (Phi) is 5.91. The number of halogens is 1. The van der Waals surface area contributed by atoms with E-state index >= 15 is 0 Å². The van der Waals surface area contributed by atoms with Crippen LogP contribution in [0.1, 0.15) is 19.3 Å². The Hall–Kier alpha value is -2.08. The summed E-state index contributed by atoms with van der Waals surface area (Å²) in [6, 6.07) is 11.8. The van der Waals surface area contributed by atoms with Crippen LogP contribution in [0.4, 0.5) is 0 Å². The Morgan fingerprint density at radius 1 is 1.20 bits per heavy atom. The summed E-state index contributed by atoms with van der Waals surface area (Å²) in [6.07, 6.45) is 2.37. The normalized spacial score (nSPS) is 14.1. The highest BCUT2D eigenvalue weighted by molar-refractivity contribution is 9.10. The van der Waals surface area contributed by atoms with Crippen LogP contribution in [0, 0.1) is 0 Å². The highest BCUT2D eigenvalue weighted by atomic mass is 79.9. The van der Waals surface area contributed by atoms with Crippen LogP contribution in [-0.2, 0) is 9.59 Å². The average Bonchev–Trinajstić information content (AvgIpc) is 3.02. The Labute approximate surface area is 155 Å². The highest BCUT2D eigenvalue weighted by Crippen LogP contribution is 2.24. The number of hydrogen-bond donors (Lipinski definition) is 1. The number of rotatable bonds is 7. The van der Waals surface area contributed by atoms with Crippen molar-refractivity contribution in [3.8, 4) is 5.75 Å². The van der Waals surface area contributed by atoms with Gasteiger partial charge in [0.05, 0.1) is 0 Å². The van der Waals surface area contributed by atoms with Crippen molar-refractivity contribution in [2.24, 2.45) is 0 Å². The van der Waals surface area contributed by atoms with Crippen molar-refractivity contribution >= 4 is 38.5 Å². The molecule has 0 spiro atoms. The van der Waals surface area contributed by atoms with Gasteiger partial charge in [-0.25, -0.2) is 0 Å². The number of nitrogens with zero attached hydrogens (tertiary/aromatic N) is 1. The van der Waals surface area contributed by atoms with Crippen molar-refractivity contribution in [1.82, 2.24) is 10.2 Å². The molecule has 3 rings (SSSR count). The highest BCUT2D eigenvalue weighted by Gasteiger charge is 2.18. The van der Waals surface area contributed by atoms with Gasteiger partial charge in [-0.15, -0.1) is 0 Å². The van der Waals surface area contributed by atoms with E-state index in [0.717, 1.165) is 34.6 Å². The second kappa shape index (κ2) is 8.34. The van der Waals surface area contributed by atoms with Crippen LogP contribution in [0.25, 0.3) is 10.8 Å². The number of fused-ring (bicyclic) bond motifs is 1. The SMILES string of the molecule is O=C(COc1ccc2cc(Br)ccc2c1)NCCCN1CCCC1=O. The summed E-state index contributed by atoms with van der Waals surface area (Å²) in [4.78, 5) is 25.2. The van der Waals surface area contributed by atoms with Gasteiger partial charge in [-0.2, -0.15) is 0 Å². The van der Waals surface area contributed by atoms with Crippen molar-refractivity contribution in [3.05, 3.63) is 40.9 Å². The molecule has 2 aromatic carbocycles. The molecule has 132 valence electrons. The molecule has 6 heteroatoms. The molecular formula is C19H21BrN2O3. The molecule has 0 radical (unpaired) electrons. The summed E-state index contributed by atoms with van der Waals surface area (Å²) in [5, 5.41) is 5.01. The predicted octanol–water partition coefficient (Wildman–Crippen LogP) is 3.11. The number of benzene rings is 2. The molecule has 2 aromatic rings. The van der Waals surface area contributed by atoms with Gasteiger partial charge >= 0.3 is 0 Å². The van der Waals surface area contributed by atoms with Gasteiger partial charge in [0.15, 0.2) is 6.61 Å². The van der Waals surface area contributed by atoms with Gasteiger partial charge < -0.3 is 15.0 Å². The first-order valence-corrected chi connectivity index (χ1v) is 9.28. The number of hydrogen-bond acceptors (Lipinski definition) is 3. The van der Waals surface area contributed by atoms with Crippen LogP contribution in [0.3, 0.4) is 0 Å². The minimum atomic E-state index is -0.149. The standard InChI is InChI=1S/C19H21BrN2O3/c20-16-6-4-15-12-17(7-5-14(15)11-16)25-13-18(23)21-8-2-10-22-9-1-3-19(22)24/h4-7,11-12H,1-3,8-10,13H2,(H,21,23). The molecule has 2 amide bonds. The van der Waals surface area contributed by atoms with E-state index in [-0.39, 0.29) is 18.4 Å². The average molecular weight is 405 g/mol. The van der Waals surface area contributed by atoms with Crippen molar-refractivity contribution in [2.45, 2.75) is 19.3 Å². The second-order valence-electron chi connectivity index (χ2n) is 6.13. The fraction of sp³-hybridized carbons (Fsp3) is 0.368. The van der Waals surface area contributed by atoms with E-state index in [1.54, 1.807) is 0 Å². The molecule has 1 aliphatic rings. The lowest BCUT2D eigenvalue weighted by atomic mass is 10.1. The van der Waals surface area contributed by atoms with Crippen LogP contribution in [0.15, 0.2) is 40.9 Å². The minimum Gasteiger partial charge on any atom is -0.484 e. The summed E-state index contributed by atoms with van der Waals surface area (Å²) in [6.45, 7) is 2.09. The number of nitrogens with one attached hydrogen (secondary N) is 1. The van der Waals surface area contributed by atoms with Gasteiger partial charge in [0.1, 0.15) is 5.75 Å². The second-order valence-corrected chi connectivity index (χ2v) is 7.05. The van der Waals surface area contributed by atoms with Crippen molar-refractivity contribution in [3.63, 3.8) is 0 Å². The number of carbonyl (C=O) groups excluding carboxylic acids is 2. The number of ether oxygens (including phenoxy) is 1. The van der Waals surface area contributed by atoms with Gasteiger partial charge in [-0.1, -0.05) is 28.1 Å². The third kappa shape index (κ3) is 4.95. The molecule has 0 unspecified atom stereocenters. The molecule has 0 saturated carbocycles. The summed E-state index contributed by atoms with van der Waals surface area (Å²) < 4.78 is 6.60. The van der Waals surface area contributed by atoms with Crippen molar-refractivity contribution in [2.75, 3.05) is 26.2 Å². The first kappa shape index (κ1) is 17.7. The van der Waals surface area contributed by atoms with Gasteiger partial charge in [0.2, 0.25) is 5.91 Å². The quantitative estimate of drug-likeness (QED) is 0.721. The fourth-order valence-corrected chi connectivity index (χ4v) is 3.30. The topological polar surface area (TPSA) is 58.6 Å². The van der Waals surface area contributed by atoms with E-state index in [4.69, 9.17) is 4.74 Å². The first-order chi connectivity index (χ1) is 12.1. The van der Waals surface area contributed by atoms with E-state index in [1.807, 2.05) is 41.3 Å². The van der Waals surface area contributed by atoms with Gasteiger partial charge in [-0.05, 0) is 47.9 Å². The lowest BCUT2D eigenvalue weighted by Gasteiger charge is -2.15. The van der Waals surface area contributed by atoms with Crippen LogP contribution >= 0.6 is 15.9 Å². The Morgan fingerprint density at radius 3 is 2.80 bits per heavy atom. The Balaban J connectivity index is 1.40. The van der Waals surface area contributed by atoms with Crippen molar-refractivity contribution in [1.29, 1.82) is 0 Å². The van der Waals surface area contributed by atoms with Crippen LogP contribution in [0.2, 0.25) is 0 Å². The van der Waals surface area contributed by atoms with E-state index < -0.39 is 0 Å². The maximum absolute atomic E-state index is 11.9. The molecule has 1 N–H and O–H groups in total. The minimum absolute atomic E-state index is 0.00925. The lowest BCUT2D eigenvalue weighted by molar-refractivity contribution is -0.127. The summed E-state index contributed by atoms with van der Waals surface area (Å²) in [5.74, 6) is 0.745. The monoisotopic (exact) mass is 404 g/mol. The molecule has 1 heterocycles. The van der Waals surface area contributed by atoms with E-state index in [1.165, 1.54) is 0 Å². The summed E-state index contributed by atoms with van der Waals surface area (Å²) >= 11 is 3.45. The molecule has 5 nitrogen and oxygen atoms in total. The predicted molar refractivity (Wildman–Crippen MR) is 101 cm³/mol. The number of amides is 2. The third-order valence-electron chi connectivity index (χ3n) is 4.24. The summed E-state index contributed by atoms with van der Waals surface area (Å²) in [7, 11) is 0. The molecule has 0 bridgehead atoms. The largest absolute Gasteiger partial charge is 0.484 e. The van der Waals surface area contributed by atoms with E-state index in [2.05, 4.69) is 21.2 Å². The van der Waals surface area contributed by atoms with Crippen molar-refractivity contribution < 1.29 is 14.3 Å². The Morgan fingerprint density at radius 2 is 2.00 bits per heavy atom. The molecule has 0 atom stereocenters. The van der Waals surface area contributed by atoms with E-state index in [0.29, 0.717) is 25.3 Å². The molecule has 25 heavy (non-hydrogen) atoms. The van der Waals surface area contributed by atoms with Gasteiger partial charge in [0.25, 0.3) is 5.91 Å². The third-order valence-corrected chi connectivity index (χ3v) is 4.74. The molecular weight excluding hydrogens is 384 g/mol. The smallest absolute Gasteiger partial charge is 0.257 e. The zero-order chi connectivity index (χ0) is 17.6. The van der Waals surface area contributed by atoms with Crippen LogP contribution in [0.5, 0.6) is 5.75 Å². The zero-order valence-electron chi connectivity index (χ0n) is 14.0. The lowest BCUT2D eigenvalue weighted by Crippen LogP contribution is -2.33. The maximum Gasteiger partial charge on any atom is 0.257 e. The number of carbonyl (C=O) groups is 2. The molecule has 0 aliphatic carbocycles. The molecule has 1 saturated heterocycles. The van der Waals surface area contributed by atoms with E-state index in [9.17, 15) is 9.59 Å². The number of likely N-dealkylation sites (tertiary alicyclic amines) is 1. The first-order valence-electron chi connectivity index (χ1n) is 8.48. The van der Waals surface area contributed by atoms with Gasteiger partial charge in [-0.3, -0.25) is 9.59 Å². The molecule has 1 aliphatic heterocycles. The Bertz CT molecular complexity index is 778.